The summed E-state index contributed by atoms with van der Waals surface area (Å²) in [6.07, 6.45) is 2.12. The molecule has 0 heterocycles. The highest BCUT2D eigenvalue weighted by Gasteiger charge is 2.00. The smallest absolute Gasteiger partial charge is 0.0890 e. The first-order valence-corrected chi connectivity index (χ1v) is 4.51. The molecular weight excluding hydrogens is 160 g/mol. The Kier molecular flexibility index (Phi) is 3.56. The third-order valence-electron chi connectivity index (χ3n) is 2.13. The summed E-state index contributed by atoms with van der Waals surface area (Å²) in [6.45, 7) is 4.14. The molecule has 0 bridgehead atoms. The maximum atomic E-state index is 5.10. The van der Waals surface area contributed by atoms with Crippen LogP contribution in [-0.4, -0.2) is 7.11 Å². The third kappa shape index (κ3) is 2.94. The molecule has 1 heteroatoms. The highest BCUT2D eigenvalue weighted by atomic mass is 16.5. The summed E-state index contributed by atoms with van der Waals surface area (Å²) < 4.78 is 5.10. The lowest BCUT2D eigenvalue weighted by molar-refractivity contribution is 0.291. The molecule has 1 unspecified atom stereocenters. The van der Waals surface area contributed by atoms with Crippen LogP contribution < -0.4 is 0 Å². The molecule has 0 amide bonds. The second kappa shape index (κ2) is 4.70. The highest BCUT2D eigenvalue weighted by Crippen LogP contribution is 2.17. The number of methoxy groups -OCH3 is 1. The quantitative estimate of drug-likeness (QED) is 0.642. The molecular formula is C12H16O. The van der Waals surface area contributed by atoms with Crippen molar-refractivity contribution in [3.63, 3.8) is 0 Å². The van der Waals surface area contributed by atoms with Crippen LogP contribution in [0.15, 0.2) is 42.2 Å². The zero-order valence-electron chi connectivity index (χ0n) is 8.45. The van der Waals surface area contributed by atoms with Gasteiger partial charge in [0.05, 0.1) is 12.9 Å². The van der Waals surface area contributed by atoms with Crippen LogP contribution in [0.1, 0.15) is 25.3 Å². The minimum atomic E-state index is 0.418. The van der Waals surface area contributed by atoms with Crippen LogP contribution in [-0.2, 0) is 4.74 Å². The molecule has 1 rings (SSSR count). The molecule has 0 spiro atoms. The average molecular weight is 176 g/mol. The number of hydrogen-bond acceptors (Lipinski definition) is 1. The lowest BCUT2D eigenvalue weighted by Gasteiger charge is -2.07. The van der Waals surface area contributed by atoms with Crippen molar-refractivity contribution in [3.8, 4) is 0 Å². The fourth-order valence-electron chi connectivity index (χ4n) is 1.27. The van der Waals surface area contributed by atoms with Crippen LogP contribution in [0.4, 0.5) is 0 Å². The van der Waals surface area contributed by atoms with Crippen LogP contribution in [0, 0.1) is 0 Å². The van der Waals surface area contributed by atoms with E-state index in [4.69, 9.17) is 4.74 Å². The predicted molar refractivity (Wildman–Crippen MR) is 55.6 cm³/mol. The van der Waals surface area contributed by atoms with Crippen LogP contribution in [0.3, 0.4) is 0 Å². The largest absolute Gasteiger partial charge is 0.502 e. The Bertz CT molecular complexity index is 274. The molecule has 0 aliphatic carbocycles. The molecule has 0 aliphatic heterocycles. The Balaban J connectivity index is 2.75. The molecule has 0 fully saturated rings. The van der Waals surface area contributed by atoms with Gasteiger partial charge < -0.3 is 4.74 Å². The van der Waals surface area contributed by atoms with E-state index in [1.807, 2.05) is 13.0 Å². The SMILES string of the molecule is CO/C(C)=C/C(C)c1ccccc1. The van der Waals surface area contributed by atoms with E-state index in [1.165, 1.54) is 5.56 Å². The molecule has 1 aromatic carbocycles. The molecule has 0 saturated carbocycles. The second-order valence-electron chi connectivity index (χ2n) is 3.18. The molecule has 0 saturated heterocycles. The van der Waals surface area contributed by atoms with Crippen molar-refractivity contribution < 1.29 is 4.74 Å². The summed E-state index contributed by atoms with van der Waals surface area (Å²) in [5, 5.41) is 0. The third-order valence-corrected chi connectivity index (χ3v) is 2.13. The van der Waals surface area contributed by atoms with Gasteiger partial charge in [0.2, 0.25) is 0 Å². The summed E-state index contributed by atoms with van der Waals surface area (Å²) in [6, 6.07) is 10.4. The van der Waals surface area contributed by atoms with Gasteiger partial charge in [-0.3, -0.25) is 0 Å². The van der Waals surface area contributed by atoms with E-state index in [0.29, 0.717) is 5.92 Å². The molecule has 0 aliphatic rings. The molecule has 0 N–H and O–H groups in total. The van der Waals surface area contributed by atoms with Gasteiger partial charge in [0.15, 0.2) is 0 Å². The van der Waals surface area contributed by atoms with Gasteiger partial charge in [0.1, 0.15) is 0 Å². The maximum Gasteiger partial charge on any atom is 0.0890 e. The Morgan fingerprint density at radius 2 is 1.92 bits per heavy atom. The number of allylic oxidation sites excluding steroid dienone is 2. The van der Waals surface area contributed by atoms with E-state index < -0.39 is 0 Å². The number of rotatable bonds is 3. The van der Waals surface area contributed by atoms with Crippen LogP contribution in [0.5, 0.6) is 0 Å². The van der Waals surface area contributed by atoms with Crippen LogP contribution in [0.25, 0.3) is 0 Å². The van der Waals surface area contributed by atoms with Crippen molar-refractivity contribution in [2.75, 3.05) is 7.11 Å². The molecule has 13 heavy (non-hydrogen) atoms. The second-order valence-corrected chi connectivity index (χ2v) is 3.18. The molecule has 70 valence electrons. The number of hydrogen-bond donors (Lipinski definition) is 0. The number of benzene rings is 1. The van der Waals surface area contributed by atoms with Crippen molar-refractivity contribution in [2.24, 2.45) is 0 Å². The first-order valence-electron chi connectivity index (χ1n) is 4.51. The van der Waals surface area contributed by atoms with Gasteiger partial charge >= 0.3 is 0 Å². The summed E-state index contributed by atoms with van der Waals surface area (Å²) in [4.78, 5) is 0. The van der Waals surface area contributed by atoms with E-state index in [0.717, 1.165) is 5.76 Å². The van der Waals surface area contributed by atoms with Crippen molar-refractivity contribution >= 4 is 0 Å². The standard InChI is InChI=1S/C12H16O/c1-10(9-11(2)13-3)12-7-5-4-6-8-12/h4-10H,1-3H3/b11-9+. The van der Waals surface area contributed by atoms with E-state index >= 15 is 0 Å². The highest BCUT2D eigenvalue weighted by molar-refractivity contribution is 5.23. The van der Waals surface area contributed by atoms with E-state index in [-0.39, 0.29) is 0 Å². The fraction of sp³-hybridized carbons (Fsp3) is 0.333. The fourth-order valence-corrected chi connectivity index (χ4v) is 1.27. The lowest BCUT2D eigenvalue weighted by Crippen LogP contribution is -1.90. The molecule has 1 aromatic rings. The summed E-state index contributed by atoms with van der Waals surface area (Å²) in [7, 11) is 1.70. The number of ether oxygens (including phenoxy) is 1. The van der Waals surface area contributed by atoms with Gasteiger partial charge in [-0.1, -0.05) is 37.3 Å². The van der Waals surface area contributed by atoms with Gasteiger partial charge in [-0.25, -0.2) is 0 Å². The average Bonchev–Trinajstić information content (AvgIpc) is 2.19. The Morgan fingerprint density at radius 1 is 1.31 bits per heavy atom. The normalized spacial score (nSPS) is 13.9. The van der Waals surface area contributed by atoms with E-state index in [9.17, 15) is 0 Å². The van der Waals surface area contributed by atoms with Crippen molar-refractivity contribution in [1.29, 1.82) is 0 Å². The van der Waals surface area contributed by atoms with Crippen LogP contribution >= 0.6 is 0 Å². The summed E-state index contributed by atoms with van der Waals surface area (Å²) in [5.74, 6) is 1.39. The Labute approximate surface area is 80.0 Å². The zero-order chi connectivity index (χ0) is 9.68. The van der Waals surface area contributed by atoms with Crippen molar-refractivity contribution in [2.45, 2.75) is 19.8 Å². The van der Waals surface area contributed by atoms with Gasteiger partial charge in [0, 0.05) is 5.92 Å². The minimum Gasteiger partial charge on any atom is -0.502 e. The first kappa shape index (κ1) is 9.85. The summed E-state index contributed by atoms with van der Waals surface area (Å²) in [5.41, 5.74) is 1.32. The monoisotopic (exact) mass is 176 g/mol. The molecule has 0 aromatic heterocycles. The zero-order valence-corrected chi connectivity index (χ0v) is 8.45. The Hall–Kier alpha value is -1.24. The van der Waals surface area contributed by atoms with Crippen molar-refractivity contribution in [1.82, 2.24) is 0 Å². The Morgan fingerprint density at radius 3 is 2.46 bits per heavy atom. The molecule has 1 nitrogen and oxygen atoms in total. The van der Waals surface area contributed by atoms with E-state index in [1.54, 1.807) is 7.11 Å². The van der Waals surface area contributed by atoms with Gasteiger partial charge in [-0.05, 0) is 18.6 Å². The summed E-state index contributed by atoms with van der Waals surface area (Å²) >= 11 is 0. The minimum absolute atomic E-state index is 0.418. The lowest BCUT2D eigenvalue weighted by atomic mass is 10.0. The van der Waals surface area contributed by atoms with Crippen LogP contribution in [0.2, 0.25) is 0 Å². The van der Waals surface area contributed by atoms with Gasteiger partial charge in [0.25, 0.3) is 0 Å². The first-order chi connectivity index (χ1) is 6.24. The maximum absolute atomic E-state index is 5.10. The van der Waals surface area contributed by atoms with Gasteiger partial charge in [-0.15, -0.1) is 0 Å². The molecule has 0 radical (unpaired) electrons. The van der Waals surface area contributed by atoms with Gasteiger partial charge in [-0.2, -0.15) is 0 Å². The molecule has 1 atom stereocenters. The van der Waals surface area contributed by atoms with E-state index in [2.05, 4.69) is 37.3 Å². The predicted octanol–water partition coefficient (Wildman–Crippen LogP) is 3.34. The van der Waals surface area contributed by atoms with Crippen molar-refractivity contribution in [3.05, 3.63) is 47.7 Å². The topological polar surface area (TPSA) is 9.23 Å².